The van der Waals surface area contributed by atoms with E-state index in [-0.39, 0.29) is 33.7 Å². The first kappa shape index (κ1) is 27.7. The van der Waals surface area contributed by atoms with Crippen LogP contribution in [-0.4, -0.2) is 42.4 Å². The van der Waals surface area contributed by atoms with E-state index < -0.39 is 12.3 Å². The number of thioether (sulfide) groups is 1. The normalized spacial score (nSPS) is 11.3. The van der Waals surface area contributed by atoms with Crippen LogP contribution < -0.4 is 20.2 Å². The summed E-state index contributed by atoms with van der Waals surface area (Å²) in [5.74, 6) is -0.994. The zero-order valence-electron chi connectivity index (χ0n) is 19.0. The van der Waals surface area contributed by atoms with Gasteiger partial charge < -0.3 is 19.9 Å². The molecule has 3 aromatic rings. The van der Waals surface area contributed by atoms with E-state index in [1.165, 1.54) is 55.8 Å². The number of alkyl halides is 3. The lowest BCUT2D eigenvalue weighted by atomic mass is 10.2. The molecule has 2 amide bonds. The summed E-state index contributed by atoms with van der Waals surface area (Å²) in [7, 11) is 1.43. The first-order valence-electron chi connectivity index (χ1n) is 10.3. The third kappa shape index (κ3) is 8.62. The van der Waals surface area contributed by atoms with Gasteiger partial charge in [-0.2, -0.15) is 5.10 Å². The molecule has 3 N–H and O–H groups in total. The van der Waals surface area contributed by atoms with E-state index in [1.54, 1.807) is 18.2 Å². The lowest BCUT2D eigenvalue weighted by molar-refractivity contribution is -0.274. The summed E-state index contributed by atoms with van der Waals surface area (Å²) < 4.78 is 45.8. The molecule has 0 spiro atoms. The van der Waals surface area contributed by atoms with Gasteiger partial charge in [-0.05, 0) is 54.6 Å². The minimum absolute atomic E-state index is 0.0122. The summed E-state index contributed by atoms with van der Waals surface area (Å²) in [4.78, 5) is 25.1. The van der Waals surface area contributed by atoms with Gasteiger partial charge in [0.2, 0.25) is 5.91 Å². The third-order valence-corrected chi connectivity index (χ3v) is 5.84. The topological polar surface area (TPSA) is 109 Å². The summed E-state index contributed by atoms with van der Waals surface area (Å²) in [6, 6.07) is 14.0. The molecule has 3 rings (SSSR count). The summed E-state index contributed by atoms with van der Waals surface area (Å²) in [6.45, 7) is 0. The molecule has 37 heavy (non-hydrogen) atoms. The van der Waals surface area contributed by atoms with Crippen LogP contribution in [0.2, 0.25) is 5.02 Å². The molecule has 0 heterocycles. The van der Waals surface area contributed by atoms with Gasteiger partial charge in [-0.25, -0.2) is 5.43 Å². The van der Waals surface area contributed by atoms with Crippen LogP contribution in [0.15, 0.2) is 70.7 Å². The maximum absolute atomic E-state index is 12.3. The van der Waals surface area contributed by atoms with Crippen LogP contribution in [0.1, 0.15) is 15.9 Å². The van der Waals surface area contributed by atoms with E-state index in [0.717, 1.165) is 11.8 Å². The zero-order valence-corrected chi connectivity index (χ0v) is 20.6. The number of hydrogen-bond donors (Lipinski definition) is 3. The van der Waals surface area contributed by atoms with Crippen LogP contribution in [0.25, 0.3) is 0 Å². The fourth-order valence-corrected chi connectivity index (χ4v) is 3.73. The maximum atomic E-state index is 12.3. The summed E-state index contributed by atoms with van der Waals surface area (Å²) >= 11 is 6.94. The van der Waals surface area contributed by atoms with Crippen LogP contribution in [-0.2, 0) is 4.79 Å². The van der Waals surface area contributed by atoms with Crippen molar-refractivity contribution in [2.75, 3.05) is 18.2 Å². The first-order chi connectivity index (χ1) is 17.5. The number of rotatable bonds is 9. The highest BCUT2D eigenvalue weighted by Crippen LogP contribution is 2.27. The van der Waals surface area contributed by atoms with Crippen molar-refractivity contribution >= 4 is 47.1 Å². The number of hydrazone groups is 1. The Labute approximate surface area is 218 Å². The number of nitrogens with zero attached hydrogens (tertiary/aromatic N) is 1. The predicted molar refractivity (Wildman–Crippen MR) is 134 cm³/mol. The molecule has 0 bridgehead atoms. The molecular weight excluding hydrogens is 535 g/mol. The minimum Gasteiger partial charge on any atom is -0.506 e. The monoisotopic (exact) mass is 553 g/mol. The van der Waals surface area contributed by atoms with Crippen LogP contribution in [0, 0.1) is 0 Å². The molecule has 0 radical (unpaired) electrons. The Morgan fingerprint density at radius 1 is 1.11 bits per heavy atom. The Morgan fingerprint density at radius 2 is 1.84 bits per heavy atom. The Hall–Kier alpha value is -3.90. The number of methoxy groups -OCH3 is 1. The van der Waals surface area contributed by atoms with Crippen LogP contribution in [0.3, 0.4) is 0 Å². The Bertz CT molecular complexity index is 1300. The molecule has 13 heteroatoms. The molecule has 8 nitrogen and oxygen atoms in total. The van der Waals surface area contributed by atoms with Crippen molar-refractivity contribution in [1.29, 1.82) is 0 Å². The fourth-order valence-electron chi connectivity index (χ4n) is 2.85. The van der Waals surface area contributed by atoms with Crippen LogP contribution in [0.4, 0.5) is 18.9 Å². The second kappa shape index (κ2) is 12.4. The molecule has 0 aliphatic carbocycles. The van der Waals surface area contributed by atoms with E-state index in [1.807, 2.05) is 0 Å². The molecule has 0 fully saturated rings. The molecule has 0 saturated heterocycles. The van der Waals surface area contributed by atoms with Gasteiger partial charge in [0.1, 0.15) is 17.2 Å². The van der Waals surface area contributed by atoms with Gasteiger partial charge in [0.15, 0.2) is 0 Å². The number of anilines is 1. The number of aromatic hydroxyl groups is 1. The second-order valence-electron chi connectivity index (χ2n) is 7.18. The molecule has 0 aliphatic heterocycles. The van der Waals surface area contributed by atoms with Gasteiger partial charge in [0.05, 0.1) is 24.1 Å². The van der Waals surface area contributed by atoms with Crippen molar-refractivity contribution in [3.63, 3.8) is 0 Å². The SMILES string of the molecule is COc1cc(NC(=O)CSc2ccc(OC(F)(F)F)cc2)ccc1/C=N/NC(=O)c1ccc(O)c(Cl)c1. The zero-order chi connectivity index (χ0) is 27.0. The number of carbonyl (C=O) groups is 2. The third-order valence-electron chi connectivity index (χ3n) is 4.52. The van der Waals surface area contributed by atoms with E-state index in [2.05, 4.69) is 20.6 Å². The number of hydrogen-bond acceptors (Lipinski definition) is 7. The van der Waals surface area contributed by atoms with Gasteiger partial charge in [-0.1, -0.05) is 11.6 Å². The highest BCUT2D eigenvalue weighted by atomic mass is 35.5. The van der Waals surface area contributed by atoms with Gasteiger partial charge >= 0.3 is 6.36 Å². The molecular formula is C24H19ClF3N3O5S. The molecule has 0 aromatic heterocycles. The Kier molecular flexibility index (Phi) is 9.25. The minimum atomic E-state index is -4.77. The molecule has 0 saturated carbocycles. The number of benzene rings is 3. The number of carbonyl (C=O) groups excluding carboxylic acids is 2. The van der Waals surface area contributed by atoms with Crippen molar-refractivity contribution in [1.82, 2.24) is 5.43 Å². The van der Waals surface area contributed by atoms with E-state index in [4.69, 9.17) is 16.3 Å². The molecule has 0 unspecified atom stereocenters. The number of nitrogens with one attached hydrogen (secondary N) is 2. The van der Waals surface area contributed by atoms with Crippen molar-refractivity contribution < 1.29 is 37.3 Å². The number of phenolic OH excluding ortho intramolecular Hbond substituents is 1. The Morgan fingerprint density at radius 3 is 2.49 bits per heavy atom. The second-order valence-corrected chi connectivity index (χ2v) is 8.63. The van der Waals surface area contributed by atoms with Crippen molar-refractivity contribution in [2.24, 2.45) is 5.10 Å². The fraction of sp³-hybridized carbons (Fsp3) is 0.125. The summed E-state index contributed by atoms with van der Waals surface area (Å²) in [5.41, 5.74) is 3.49. The summed E-state index contributed by atoms with van der Waals surface area (Å²) in [5, 5.41) is 16.1. The van der Waals surface area contributed by atoms with Crippen molar-refractivity contribution in [3.05, 3.63) is 76.8 Å². The van der Waals surface area contributed by atoms with Crippen molar-refractivity contribution in [3.8, 4) is 17.2 Å². The number of phenols is 1. The summed E-state index contributed by atoms with van der Waals surface area (Å²) in [6.07, 6.45) is -3.42. The van der Waals surface area contributed by atoms with Gasteiger partial charge in [0, 0.05) is 27.8 Å². The quantitative estimate of drug-likeness (QED) is 0.185. The molecule has 194 valence electrons. The van der Waals surface area contributed by atoms with E-state index >= 15 is 0 Å². The highest BCUT2D eigenvalue weighted by Gasteiger charge is 2.30. The first-order valence-corrected chi connectivity index (χ1v) is 11.7. The number of amides is 2. The van der Waals surface area contributed by atoms with Gasteiger partial charge in [0.25, 0.3) is 5.91 Å². The lowest BCUT2D eigenvalue weighted by Gasteiger charge is -2.10. The van der Waals surface area contributed by atoms with Crippen molar-refractivity contribution in [2.45, 2.75) is 11.3 Å². The average Bonchev–Trinajstić information content (AvgIpc) is 2.85. The lowest BCUT2D eigenvalue weighted by Crippen LogP contribution is -2.17. The smallest absolute Gasteiger partial charge is 0.506 e. The van der Waals surface area contributed by atoms with Crippen LogP contribution >= 0.6 is 23.4 Å². The molecule has 0 atom stereocenters. The van der Waals surface area contributed by atoms with Gasteiger partial charge in [-0.3, -0.25) is 9.59 Å². The average molecular weight is 554 g/mol. The number of ether oxygens (including phenoxy) is 2. The molecule has 0 aliphatic rings. The predicted octanol–water partition coefficient (Wildman–Crippen LogP) is 5.45. The largest absolute Gasteiger partial charge is 0.573 e. The number of halogens is 4. The van der Waals surface area contributed by atoms with Gasteiger partial charge in [-0.15, -0.1) is 24.9 Å². The standard InChI is InChI=1S/C24H19ClF3N3O5S/c1-35-21-11-16(30-22(33)13-37-18-7-5-17(6-8-18)36-24(26,27)28)4-2-15(21)12-29-31-23(34)14-3-9-20(32)19(25)10-14/h2-12,32H,13H2,1H3,(H,30,33)(H,31,34)/b29-12+. The molecule has 3 aromatic carbocycles. The van der Waals surface area contributed by atoms with E-state index in [9.17, 15) is 27.9 Å². The Balaban J connectivity index is 1.54. The van der Waals surface area contributed by atoms with Crippen LogP contribution in [0.5, 0.6) is 17.2 Å². The highest BCUT2D eigenvalue weighted by molar-refractivity contribution is 8.00. The van der Waals surface area contributed by atoms with E-state index in [0.29, 0.717) is 21.9 Å². The maximum Gasteiger partial charge on any atom is 0.573 e.